The summed E-state index contributed by atoms with van der Waals surface area (Å²) >= 11 is 0. The monoisotopic (exact) mass is 313 g/mol. The van der Waals surface area contributed by atoms with Crippen LogP contribution in [0, 0.1) is 6.92 Å². The highest BCUT2D eigenvalue weighted by Gasteiger charge is 2.16. The highest BCUT2D eigenvalue weighted by Crippen LogP contribution is 2.27. The normalized spacial score (nSPS) is 15.5. The van der Waals surface area contributed by atoms with Crippen LogP contribution in [0.1, 0.15) is 5.82 Å². The Morgan fingerprint density at radius 2 is 1.83 bits per heavy atom. The number of likely N-dealkylation sites (N-methyl/N-ethyl adjacent to an activating group) is 1. The van der Waals surface area contributed by atoms with E-state index in [9.17, 15) is 0 Å². The maximum atomic E-state index is 5.38. The number of aromatic nitrogens is 2. The molecule has 0 bridgehead atoms. The van der Waals surface area contributed by atoms with Crippen LogP contribution in [0.3, 0.4) is 0 Å². The molecule has 3 rings (SSSR count). The van der Waals surface area contributed by atoms with Gasteiger partial charge in [0.25, 0.3) is 0 Å². The van der Waals surface area contributed by atoms with Crippen LogP contribution in [0.5, 0.6) is 5.75 Å². The number of nitrogens with one attached hydrogen (secondary N) is 1. The van der Waals surface area contributed by atoms with Gasteiger partial charge in [0.15, 0.2) is 0 Å². The molecule has 6 nitrogen and oxygen atoms in total. The molecule has 0 unspecified atom stereocenters. The third-order valence-corrected chi connectivity index (χ3v) is 4.02. The second-order valence-electron chi connectivity index (χ2n) is 5.77. The Balaban J connectivity index is 1.83. The fourth-order valence-electron chi connectivity index (χ4n) is 2.70. The smallest absolute Gasteiger partial charge is 0.142 e. The van der Waals surface area contributed by atoms with Crippen LogP contribution >= 0.6 is 0 Å². The molecule has 6 heteroatoms. The average molecular weight is 313 g/mol. The highest BCUT2D eigenvalue weighted by molar-refractivity contribution is 5.65. The maximum absolute atomic E-state index is 5.38. The zero-order valence-electron chi connectivity index (χ0n) is 13.9. The minimum absolute atomic E-state index is 0.763. The summed E-state index contributed by atoms with van der Waals surface area (Å²) in [5.74, 6) is 3.32. The minimum atomic E-state index is 0.763. The van der Waals surface area contributed by atoms with Gasteiger partial charge in [-0.05, 0) is 26.1 Å². The van der Waals surface area contributed by atoms with Gasteiger partial charge in [-0.15, -0.1) is 0 Å². The summed E-state index contributed by atoms with van der Waals surface area (Å²) in [5, 5.41) is 3.34. The van der Waals surface area contributed by atoms with Crippen LogP contribution in [0.2, 0.25) is 0 Å². The highest BCUT2D eigenvalue weighted by atomic mass is 16.5. The molecular weight excluding hydrogens is 290 g/mol. The number of hydrogen-bond acceptors (Lipinski definition) is 6. The summed E-state index contributed by atoms with van der Waals surface area (Å²) in [6, 6.07) is 9.83. The molecule has 0 amide bonds. The van der Waals surface area contributed by atoms with E-state index >= 15 is 0 Å². The lowest BCUT2D eigenvalue weighted by Crippen LogP contribution is -2.44. The summed E-state index contributed by atoms with van der Waals surface area (Å²) in [6.07, 6.45) is 0. The first-order valence-electron chi connectivity index (χ1n) is 7.85. The molecule has 1 saturated heterocycles. The Bertz CT molecular complexity index is 668. The van der Waals surface area contributed by atoms with E-state index in [4.69, 9.17) is 4.74 Å². The number of benzene rings is 1. The van der Waals surface area contributed by atoms with Crippen molar-refractivity contribution in [1.29, 1.82) is 0 Å². The lowest BCUT2D eigenvalue weighted by atomic mass is 10.3. The van der Waals surface area contributed by atoms with Crippen molar-refractivity contribution < 1.29 is 4.74 Å². The van der Waals surface area contributed by atoms with Gasteiger partial charge in [0.1, 0.15) is 23.2 Å². The van der Waals surface area contributed by atoms with Crippen LogP contribution in [0.25, 0.3) is 0 Å². The van der Waals surface area contributed by atoms with Crippen LogP contribution in [-0.2, 0) is 0 Å². The lowest BCUT2D eigenvalue weighted by molar-refractivity contribution is 0.312. The number of hydrogen-bond donors (Lipinski definition) is 1. The van der Waals surface area contributed by atoms with Gasteiger partial charge in [-0.3, -0.25) is 0 Å². The molecule has 1 aromatic heterocycles. The van der Waals surface area contributed by atoms with Gasteiger partial charge in [-0.1, -0.05) is 12.1 Å². The second-order valence-corrected chi connectivity index (χ2v) is 5.77. The number of aryl methyl sites for hydroxylation is 1. The summed E-state index contributed by atoms with van der Waals surface area (Å²) in [6.45, 7) is 6.01. The van der Waals surface area contributed by atoms with Crippen molar-refractivity contribution in [2.24, 2.45) is 0 Å². The summed E-state index contributed by atoms with van der Waals surface area (Å²) in [5.41, 5.74) is 0.900. The van der Waals surface area contributed by atoms with Gasteiger partial charge in [0.2, 0.25) is 0 Å². The molecule has 0 saturated carbocycles. The molecule has 1 N–H and O–H groups in total. The molecule has 0 spiro atoms. The van der Waals surface area contributed by atoms with Gasteiger partial charge in [-0.2, -0.15) is 0 Å². The van der Waals surface area contributed by atoms with Crippen LogP contribution in [0.15, 0.2) is 30.3 Å². The Labute approximate surface area is 137 Å². The van der Waals surface area contributed by atoms with E-state index in [1.807, 2.05) is 37.3 Å². The van der Waals surface area contributed by atoms with Crippen molar-refractivity contribution in [2.75, 3.05) is 50.6 Å². The zero-order chi connectivity index (χ0) is 16.2. The van der Waals surface area contributed by atoms with E-state index in [0.717, 1.165) is 55.1 Å². The van der Waals surface area contributed by atoms with Crippen LogP contribution < -0.4 is 15.0 Å². The Hall–Kier alpha value is -2.34. The molecule has 23 heavy (non-hydrogen) atoms. The largest absolute Gasteiger partial charge is 0.495 e. The first-order valence-corrected chi connectivity index (χ1v) is 7.85. The van der Waals surface area contributed by atoms with E-state index < -0.39 is 0 Å². The first kappa shape index (κ1) is 15.6. The molecule has 1 aromatic carbocycles. The fourth-order valence-corrected chi connectivity index (χ4v) is 2.70. The number of nitrogens with zero attached hydrogens (tertiary/aromatic N) is 4. The van der Waals surface area contributed by atoms with Gasteiger partial charge in [-0.25, -0.2) is 9.97 Å². The lowest BCUT2D eigenvalue weighted by Gasteiger charge is -2.33. The number of rotatable bonds is 4. The molecule has 2 heterocycles. The molecular formula is C17H23N5O. The van der Waals surface area contributed by atoms with Crippen LogP contribution in [0.4, 0.5) is 17.3 Å². The van der Waals surface area contributed by atoms with Crippen LogP contribution in [-0.4, -0.2) is 55.2 Å². The van der Waals surface area contributed by atoms with Crippen molar-refractivity contribution in [3.8, 4) is 5.75 Å². The van der Waals surface area contributed by atoms with E-state index in [0.29, 0.717) is 0 Å². The van der Waals surface area contributed by atoms with Crippen molar-refractivity contribution in [1.82, 2.24) is 14.9 Å². The molecule has 122 valence electrons. The zero-order valence-corrected chi connectivity index (χ0v) is 13.9. The fraction of sp³-hybridized carbons (Fsp3) is 0.412. The molecule has 0 atom stereocenters. The third-order valence-electron chi connectivity index (χ3n) is 4.02. The predicted molar refractivity (Wildman–Crippen MR) is 92.8 cm³/mol. The van der Waals surface area contributed by atoms with Crippen molar-refractivity contribution in [2.45, 2.75) is 6.92 Å². The van der Waals surface area contributed by atoms with Gasteiger partial charge in [0, 0.05) is 32.2 Å². The number of para-hydroxylation sites is 2. The quantitative estimate of drug-likeness (QED) is 0.935. The first-order chi connectivity index (χ1) is 11.2. The summed E-state index contributed by atoms with van der Waals surface area (Å²) in [4.78, 5) is 13.7. The summed E-state index contributed by atoms with van der Waals surface area (Å²) < 4.78 is 5.38. The maximum Gasteiger partial charge on any atom is 0.142 e. The topological polar surface area (TPSA) is 53.5 Å². The number of ether oxygens (including phenoxy) is 1. The molecule has 1 aliphatic rings. The molecule has 0 radical (unpaired) electrons. The van der Waals surface area contributed by atoms with Crippen molar-refractivity contribution >= 4 is 17.3 Å². The number of methoxy groups -OCH3 is 1. The van der Waals surface area contributed by atoms with E-state index in [1.54, 1.807) is 7.11 Å². The molecule has 1 fully saturated rings. The van der Waals surface area contributed by atoms with Gasteiger partial charge < -0.3 is 19.9 Å². The Morgan fingerprint density at radius 1 is 1.09 bits per heavy atom. The van der Waals surface area contributed by atoms with E-state index in [-0.39, 0.29) is 0 Å². The SMILES string of the molecule is COc1ccccc1Nc1cc(N2CCN(C)CC2)nc(C)n1. The van der Waals surface area contributed by atoms with Gasteiger partial charge >= 0.3 is 0 Å². The van der Waals surface area contributed by atoms with Gasteiger partial charge in [0.05, 0.1) is 12.8 Å². The third kappa shape index (κ3) is 3.71. The van der Waals surface area contributed by atoms with Crippen molar-refractivity contribution in [3.05, 3.63) is 36.2 Å². The Kier molecular flexibility index (Phi) is 4.62. The standard InChI is InChI=1S/C17H23N5O/c1-13-18-16(20-14-6-4-5-7-15(14)23-3)12-17(19-13)22-10-8-21(2)9-11-22/h4-7,12H,8-11H2,1-3H3,(H,18,19,20). The van der Waals surface area contributed by atoms with E-state index in [2.05, 4.69) is 32.1 Å². The Morgan fingerprint density at radius 3 is 2.57 bits per heavy atom. The average Bonchev–Trinajstić information content (AvgIpc) is 2.55. The molecule has 1 aliphatic heterocycles. The van der Waals surface area contributed by atoms with Crippen molar-refractivity contribution in [3.63, 3.8) is 0 Å². The predicted octanol–water partition coefficient (Wildman–Crippen LogP) is 2.29. The second kappa shape index (κ2) is 6.83. The van der Waals surface area contributed by atoms with E-state index in [1.165, 1.54) is 0 Å². The number of piperazine rings is 1. The molecule has 0 aliphatic carbocycles. The summed E-state index contributed by atoms with van der Waals surface area (Å²) in [7, 11) is 3.82. The number of anilines is 3. The minimum Gasteiger partial charge on any atom is -0.495 e. The molecule has 2 aromatic rings.